The van der Waals surface area contributed by atoms with Gasteiger partial charge in [0.2, 0.25) is 0 Å². The fourth-order valence-corrected chi connectivity index (χ4v) is 2.24. The third-order valence-electron chi connectivity index (χ3n) is 2.68. The number of benzene rings is 1. The maximum atomic E-state index is 9.08. The van der Waals surface area contributed by atoms with Crippen LogP contribution in [0.2, 0.25) is 5.15 Å². The van der Waals surface area contributed by atoms with Crippen molar-refractivity contribution in [1.29, 1.82) is 5.26 Å². The fourth-order valence-electron chi connectivity index (χ4n) is 2.01. The van der Waals surface area contributed by atoms with Gasteiger partial charge in [-0.3, -0.25) is 0 Å². The van der Waals surface area contributed by atoms with E-state index < -0.39 is 0 Å². The van der Waals surface area contributed by atoms with Crippen molar-refractivity contribution in [3.05, 3.63) is 34.0 Å². The number of aromatic nitrogens is 1. The summed E-state index contributed by atoms with van der Waals surface area (Å²) in [5.41, 5.74) is 3.88. The Morgan fingerprint density at radius 1 is 1.33 bits per heavy atom. The Labute approximate surface area is 93.7 Å². The Kier molecular flexibility index (Phi) is 2.21. The summed E-state index contributed by atoms with van der Waals surface area (Å²) in [6.07, 6.45) is 0. The molecule has 0 spiro atoms. The van der Waals surface area contributed by atoms with E-state index in [0.29, 0.717) is 10.7 Å². The SMILES string of the molecule is Cc1cc(C)c2c(C#N)c(Cl)n(C)c2c1. The molecule has 0 unspecified atom stereocenters. The van der Waals surface area contributed by atoms with Crippen molar-refractivity contribution in [1.82, 2.24) is 4.57 Å². The van der Waals surface area contributed by atoms with E-state index in [1.54, 1.807) is 0 Å². The van der Waals surface area contributed by atoms with Crippen molar-refractivity contribution < 1.29 is 0 Å². The monoisotopic (exact) mass is 218 g/mol. The Hall–Kier alpha value is -1.46. The fraction of sp³-hybridized carbons (Fsp3) is 0.250. The average molecular weight is 219 g/mol. The number of rotatable bonds is 0. The quantitative estimate of drug-likeness (QED) is 0.667. The number of nitriles is 1. The second-order valence-electron chi connectivity index (χ2n) is 3.81. The number of hydrogen-bond acceptors (Lipinski definition) is 1. The van der Waals surface area contributed by atoms with Crippen LogP contribution < -0.4 is 0 Å². The Balaban J connectivity index is 3.05. The molecule has 0 fully saturated rings. The van der Waals surface area contributed by atoms with Crippen LogP contribution in [0.1, 0.15) is 16.7 Å². The van der Waals surface area contributed by atoms with Crippen LogP contribution in [0.5, 0.6) is 0 Å². The largest absolute Gasteiger partial charge is 0.334 e. The molecule has 0 atom stereocenters. The van der Waals surface area contributed by atoms with Gasteiger partial charge in [-0.15, -0.1) is 0 Å². The highest BCUT2D eigenvalue weighted by atomic mass is 35.5. The predicted molar refractivity (Wildman–Crippen MR) is 62.1 cm³/mol. The summed E-state index contributed by atoms with van der Waals surface area (Å²) in [5.74, 6) is 0. The highest BCUT2D eigenvalue weighted by Crippen LogP contribution is 2.31. The van der Waals surface area contributed by atoms with Gasteiger partial charge in [-0.25, -0.2) is 0 Å². The molecule has 0 saturated carbocycles. The van der Waals surface area contributed by atoms with Crippen LogP contribution in [0.4, 0.5) is 0 Å². The summed E-state index contributed by atoms with van der Waals surface area (Å²) in [5, 5.41) is 10.6. The molecule has 15 heavy (non-hydrogen) atoms. The second-order valence-corrected chi connectivity index (χ2v) is 4.17. The van der Waals surface area contributed by atoms with Gasteiger partial charge in [-0.2, -0.15) is 5.26 Å². The molecule has 0 aliphatic heterocycles. The van der Waals surface area contributed by atoms with Gasteiger partial charge in [0.15, 0.2) is 0 Å². The first-order valence-electron chi connectivity index (χ1n) is 4.71. The van der Waals surface area contributed by atoms with Crippen molar-refractivity contribution in [2.24, 2.45) is 7.05 Å². The van der Waals surface area contributed by atoms with Crippen molar-refractivity contribution in [3.63, 3.8) is 0 Å². The molecule has 76 valence electrons. The van der Waals surface area contributed by atoms with Gasteiger partial charge in [-0.1, -0.05) is 17.7 Å². The zero-order chi connectivity index (χ0) is 11.2. The van der Waals surface area contributed by atoms with Crippen LogP contribution >= 0.6 is 11.6 Å². The predicted octanol–water partition coefficient (Wildman–Crippen LogP) is 3.32. The lowest BCUT2D eigenvalue weighted by molar-refractivity contribution is 0.967. The van der Waals surface area contributed by atoms with E-state index in [1.807, 2.05) is 25.5 Å². The molecule has 1 aromatic carbocycles. The van der Waals surface area contributed by atoms with Crippen LogP contribution in [0.15, 0.2) is 12.1 Å². The number of aryl methyl sites for hydroxylation is 3. The molecule has 0 radical (unpaired) electrons. The molecule has 0 bridgehead atoms. The topological polar surface area (TPSA) is 28.7 Å². The molecule has 1 heterocycles. The second kappa shape index (κ2) is 3.29. The number of halogens is 1. The first kappa shape index (κ1) is 10.1. The average Bonchev–Trinajstić information content (AvgIpc) is 2.42. The first-order valence-corrected chi connectivity index (χ1v) is 5.09. The summed E-state index contributed by atoms with van der Waals surface area (Å²) in [6, 6.07) is 6.29. The molecule has 0 aliphatic carbocycles. The van der Waals surface area contributed by atoms with Crippen LogP contribution in [0.3, 0.4) is 0 Å². The lowest BCUT2D eigenvalue weighted by Gasteiger charge is -2.01. The van der Waals surface area contributed by atoms with Crippen LogP contribution in [-0.2, 0) is 7.05 Å². The van der Waals surface area contributed by atoms with E-state index in [4.69, 9.17) is 16.9 Å². The highest BCUT2D eigenvalue weighted by Gasteiger charge is 2.14. The third kappa shape index (κ3) is 1.32. The number of hydrogen-bond donors (Lipinski definition) is 0. The van der Waals surface area contributed by atoms with Gasteiger partial charge in [0.25, 0.3) is 0 Å². The maximum absolute atomic E-state index is 9.08. The van der Waals surface area contributed by atoms with Crippen molar-refractivity contribution in [2.75, 3.05) is 0 Å². The van der Waals surface area contributed by atoms with E-state index in [0.717, 1.165) is 16.5 Å². The molecule has 3 heteroatoms. The van der Waals surface area contributed by atoms with Gasteiger partial charge in [-0.05, 0) is 31.0 Å². The Morgan fingerprint density at radius 3 is 2.60 bits per heavy atom. The minimum Gasteiger partial charge on any atom is -0.334 e. The van der Waals surface area contributed by atoms with E-state index in [-0.39, 0.29) is 0 Å². The Bertz CT molecular complexity index is 588. The normalized spacial score (nSPS) is 10.6. The molecule has 1 aromatic heterocycles. The Morgan fingerprint density at radius 2 is 2.00 bits per heavy atom. The lowest BCUT2D eigenvalue weighted by atomic mass is 10.1. The molecule has 0 N–H and O–H groups in total. The van der Waals surface area contributed by atoms with Crippen molar-refractivity contribution in [2.45, 2.75) is 13.8 Å². The summed E-state index contributed by atoms with van der Waals surface area (Å²) in [6.45, 7) is 4.05. The van der Waals surface area contributed by atoms with Crippen LogP contribution in [0.25, 0.3) is 10.9 Å². The van der Waals surface area contributed by atoms with Gasteiger partial charge in [0, 0.05) is 12.4 Å². The molecule has 0 saturated heterocycles. The molecular formula is C12H11ClN2. The molecule has 2 rings (SSSR count). The summed E-state index contributed by atoms with van der Waals surface area (Å²) in [4.78, 5) is 0. The van der Waals surface area contributed by atoms with Crippen LogP contribution in [0, 0.1) is 25.2 Å². The molecule has 0 amide bonds. The van der Waals surface area contributed by atoms with Gasteiger partial charge >= 0.3 is 0 Å². The molecule has 2 aromatic rings. The van der Waals surface area contributed by atoms with E-state index in [1.165, 1.54) is 5.56 Å². The lowest BCUT2D eigenvalue weighted by Crippen LogP contribution is -1.87. The smallest absolute Gasteiger partial charge is 0.127 e. The number of fused-ring (bicyclic) bond motifs is 1. The van der Waals surface area contributed by atoms with E-state index >= 15 is 0 Å². The molecule has 2 nitrogen and oxygen atoms in total. The minimum absolute atomic E-state index is 0.515. The van der Waals surface area contributed by atoms with E-state index in [2.05, 4.69) is 18.2 Å². The summed E-state index contributed by atoms with van der Waals surface area (Å²) < 4.78 is 1.86. The highest BCUT2D eigenvalue weighted by molar-refractivity contribution is 6.32. The molecule has 0 aliphatic rings. The summed E-state index contributed by atoms with van der Waals surface area (Å²) in [7, 11) is 1.88. The zero-order valence-electron chi connectivity index (χ0n) is 8.93. The van der Waals surface area contributed by atoms with Gasteiger partial charge in [0.05, 0.1) is 11.1 Å². The van der Waals surface area contributed by atoms with Gasteiger partial charge < -0.3 is 4.57 Å². The third-order valence-corrected chi connectivity index (χ3v) is 3.13. The molecular weight excluding hydrogens is 208 g/mol. The number of nitrogens with zero attached hydrogens (tertiary/aromatic N) is 2. The van der Waals surface area contributed by atoms with E-state index in [9.17, 15) is 0 Å². The van der Waals surface area contributed by atoms with Gasteiger partial charge in [0.1, 0.15) is 11.2 Å². The minimum atomic E-state index is 0.515. The maximum Gasteiger partial charge on any atom is 0.127 e. The standard InChI is InChI=1S/C12H11ClN2/c1-7-4-8(2)11-9(6-14)12(13)15(3)10(11)5-7/h4-5H,1-3H3. The van der Waals surface area contributed by atoms with Crippen molar-refractivity contribution >= 4 is 22.5 Å². The van der Waals surface area contributed by atoms with Crippen molar-refractivity contribution in [3.8, 4) is 6.07 Å². The van der Waals surface area contributed by atoms with Crippen LogP contribution in [-0.4, -0.2) is 4.57 Å². The zero-order valence-corrected chi connectivity index (χ0v) is 9.68. The summed E-state index contributed by atoms with van der Waals surface area (Å²) >= 11 is 6.10. The first-order chi connectivity index (χ1) is 7.06.